The lowest BCUT2D eigenvalue weighted by atomic mass is 10.1. The minimum Gasteiger partial charge on any atom is -0.477 e. The Bertz CT molecular complexity index is 673. The fourth-order valence-corrected chi connectivity index (χ4v) is 2.03. The van der Waals surface area contributed by atoms with Gasteiger partial charge in [0.1, 0.15) is 5.69 Å². The van der Waals surface area contributed by atoms with Crippen LogP contribution in [-0.4, -0.2) is 40.6 Å². The van der Waals surface area contributed by atoms with Gasteiger partial charge < -0.3 is 10.1 Å². The second-order valence-corrected chi connectivity index (χ2v) is 4.55. The Kier molecular flexibility index (Phi) is 4.44. The highest BCUT2D eigenvalue weighted by atomic mass is 16.4. The molecule has 0 radical (unpaired) electrons. The van der Waals surface area contributed by atoms with Crippen molar-refractivity contribution in [2.75, 3.05) is 19.6 Å². The number of aromatic carboxylic acids is 1. The van der Waals surface area contributed by atoms with Crippen molar-refractivity contribution in [3.05, 3.63) is 35.5 Å². The van der Waals surface area contributed by atoms with Crippen LogP contribution in [0.5, 0.6) is 0 Å². The van der Waals surface area contributed by atoms with E-state index in [1.165, 1.54) is 0 Å². The standard InChI is InChI=1S/C16H18N2O2/c1-3-18(4-2)9-5-6-12-7-8-14-13(10-12)11-15(17-14)16(19)20/h7-8,10-11,17H,3-4,9H2,1-2H3,(H,19,20). The molecule has 104 valence electrons. The molecule has 0 amide bonds. The van der Waals surface area contributed by atoms with Crippen LogP contribution in [0.1, 0.15) is 29.9 Å². The van der Waals surface area contributed by atoms with E-state index in [1.807, 2.05) is 18.2 Å². The van der Waals surface area contributed by atoms with E-state index in [0.29, 0.717) is 0 Å². The van der Waals surface area contributed by atoms with Gasteiger partial charge in [0, 0.05) is 16.5 Å². The number of hydrogen-bond acceptors (Lipinski definition) is 2. The Hall–Kier alpha value is -2.25. The Morgan fingerprint density at radius 3 is 2.70 bits per heavy atom. The van der Waals surface area contributed by atoms with Crippen LogP contribution in [-0.2, 0) is 0 Å². The van der Waals surface area contributed by atoms with Gasteiger partial charge in [-0.05, 0) is 37.4 Å². The Balaban J connectivity index is 2.19. The minimum absolute atomic E-state index is 0.202. The van der Waals surface area contributed by atoms with Gasteiger partial charge in [-0.15, -0.1) is 0 Å². The van der Waals surface area contributed by atoms with Crippen molar-refractivity contribution < 1.29 is 9.90 Å². The SMILES string of the molecule is CCN(CC)CC#Cc1ccc2[nH]c(C(=O)O)cc2c1. The summed E-state index contributed by atoms with van der Waals surface area (Å²) in [5, 5.41) is 9.82. The van der Waals surface area contributed by atoms with E-state index >= 15 is 0 Å². The van der Waals surface area contributed by atoms with Crippen molar-refractivity contribution in [2.24, 2.45) is 0 Å². The number of hydrogen-bond donors (Lipinski definition) is 2. The van der Waals surface area contributed by atoms with Gasteiger partial charge in [-0.25, -0.2) is 4.79 Å². The molecule has 0 unspecified atom stereocenters. The van der Waals surface area contributed by atoms with Gasteiger partial charge in [-0.1, -0.05) is 25.7 Å². The minimum atomic E-state index is -0.949. The zero-order valence-corrected chi connectivity index (χ0v) is 11.7. The highest BCUT2D eigenvalue weighted by Crippen LogP contribution is 2.16. The van der Waals surface area contributed by atoms with Gasteiger partial charge in [0.25, 0.3) is 0 Å². The second kappa shape index (κ2) is 6.27. The average Bonchev–Trinajstić information content (AvgIpc) is 2.87. The number of aromatic amines is 1. The highest BCUT2D eigenvalue weighted by molar-refractivity contribution is 5.94. The average molecular weight is 270 g/mol. The van der Waals surface area contributed by atoms with E-state index in [9.17, 15) is 4.79 Å². The van der Waals surface area contributed by atoms with E-state index in [1.54, 1.807) is 6.07 Å². The van der Waals surface area contributed by atoms with E-state index in [4.69, 9.17) is 5.11 Å². The fraction of sp³-hybridized carbons (Fsp3) is 0.312. The summed E-state index contributed by atoms with van der Waals surface area (Å²) in [4.78, 5) is 16.0. The first-order chi connectivity index (χ1) is 9.63. The smallest absolute Gasteiger partial charge is 0.352 e. The predicted molar refractivity (Wildman–Crippen MR) is 79.9 cm³/mol. The van der Waals surface area contributed by atoms with Crippen LogP contribution < -0.4 is 0 Å². The number of nitrogens with zero attached hydrogens (tertiary/aromatic N) is 1. The van der Waals surface area contributed by atoms with Crippen molar-refractivity contribution in [1.29, 1.82) is 0 Å². The van der Waals surface area contributed by atoms with E-state index in [0.717, 1.165) is 36.1 Å². The molecule has 4 nitrogen and oxygen atoms in total. The first kappa shape index (κ1) is 14.2. The normalized spacial score (nSPS) is 10.6. The summed E-state index contributed by atoms with van der Waals surface area (Å²) >= 11 is 0. The molecule has 0 fully saturated rings. The summed E-state index contributed by atoms with van der Waals surface area (Å²) in [5.74, 6) is 5.32. The molecular formula is C16H18N2O2. The summed E-state index contributed by atoms with van der Waals surface area (Å²) in [6, 6.07) is 7.31. The summed E-state index contributed by atoms with van der Waals surface area (Å²) in [5.41, 5.74) is 1.92. The summed E-state index contributed by atoms with van der Waals surface area (Å²) in [7, 11) is 0. The maximum atomic E-state index is 10.9. The number of H-pyrrole nitrogens is 1. The predicted octanol–water partition coefficient (Wildman–Crippen LogP) is 2.56. The molecular weight excluding hydrogens is 252 g/mol. The maximum absolute atomic E-state index is 10.9. The van der Waals surface area contributed by atoms with Crippen LogP contribution in [0.2, 0.25) is 0 Å². The van der Waals surface area contributed by atoms with Crippen molar-refractivity contribution in [3.63, 3.8) is 0 Å². The number of fused-ring (bicyclic) bond motifs is 1. The van der Waals surface area contributed by atoms with Crippen LogP contribution in [0.15, 0.2) is 24.3 Å². The van der Waals surface area contributed by atoms with Crippen LogP contribution >= 0.6 is 0 Å². The van der Waals surface area contributed by atoms with Crippen molar-refractivity contribution in [2.45, 2.75) is 13.8 Å². The monoisotopic (exact) mass is 270 g/mol. The lowest BCUT2D eigenvalue weighted by Crippen LogP contribution is -2.22. The lowest BCUT2D eigenvalue weighted by molar-refractivity contribution is 0.0691. The van der Waals surface area contributed by atoms with Gasteiger partial charge in [0.15, 0.2) is 0 Å². The topological polar surface area (TPSA) is 56.3 Å². The molecule has 0 bridgehead atoms. The summed E-state index contributed by atoms with van der Waals surface area (Å²) in [6.45, 7) is 6.96. The molecule has 2 aromatic rings. The molecule has 2 rings (SSSR count). The van der Waals surface area contributed by atoms with Gasteiger partial charge in [0.05, 0.1) is 6.54 Å². The molecule has 0 spiro atoms. The zero-order valence-electron chi connectivity index (χ0n) is 11.7. The number of rotatable bonds is 4. The third kappa shape index (κ3) is 3.19. The first-order valence-corrected chi connectivity index (χ1v) is 6.71. The molecule has 0 saturated heterocycles. The number of carboxylic acid groups (broad SMARTS) is 1. The third-order valence-electron chi connectivity index (χ3n) is 3.28. The molecule has 20 heavy (non-hydrogen) atoms. The molecule has 0 aliphatic carbocycles. The molecule has 2 N–H and O–H groups in total. The molecule has 0 saturated carbocycles. The summed E-state index contributed by atoms with van der Waals surface area (Å²) < 4.78 is 0. The van der Waals surface area contributed by atoms with Crippen molar-refractivity contribution in [3.8, 4) is 11.8 Å². The number of nitrogens with one attached hydrogen (secondary N) is 1. The number of benzene rings is 1. The number of carboxylic acids is 1. The largest absolute Gasteiger partial charge is 0.477 e. The number of aromatic nitrogens is 1. The van der Waals surface area contributed by atoms with Crippen LogP contribution in [0.3, 0.4) is 0 Å². The lowest BCUT2D eigenvalue weighted by Gasteiger charge is -2.13. The highest BCUT2D eigenvalue weighted by Gasteiger charge is 2.06. The molecule has 0 aliphatic rings. The van der Waals surface area contributed by atoms with Crippen molar-refractivity contribution in [1.82, 2.24) is 9.88 Å². The molecule has 4 heteroatoms. The van der Waals surface area contributed by atoms with Crippen LogP contribution in [0.4, 0.5) is 0 Å². The molecule has 0 atom stereocenters. The fourth-order valence-electron chi connectivity index (χ4n) is 2.03. The molecule has 1 heterocycles. The van der Waals surface area contributed by atoms with E-state index in [2.05, 4.69) is 35.6 Å². The Morgan fingerprint density at radius 1 is 1.30 bits per heavy atom. The van der Waals surface area contributed by atoms with Crippen LogP contribution in [0, 0.1) is 11.8 Å². The van der Waals surface area contributed by atoms with Crippen LogP contribution in [0.25, 0.3) is 10.9 Å². The quantitative estimate of drug-likeness (QED) is 0.839. The Morgan fingerprint density at radius 2 is 2.05 bits per heavy atom. The van der Waals surface area contributed by atoms with Gasteiger partial charge in [-0.2, -0.15) is 0 Å². The van der Waals surface area contributed by atoms with E-state index < -0.39 is 5.97 Å². The van der Waals surface area contributed by atoms with E-state index in [-0.39, 0.29) is 5.69 Å². The summed E-state index contributed by atoms with van der Waals surface area (Å²) in [6.07, 6.45) is 0. The Labute approximate surface area is 118 Å². The zero-order chi connectivity index (χ0) is 14.5. The first-order valence-electron chi connectivity index (χ1n) is 6.71. The van der Waals surface area contributed by atoms with Gasteiger partial charge >= 0.3 is 5.97 Å². The maximum Gasteiger partial charge on any atom is 0.352 e. The second-order valence-electron chi connectivity index (χ2n) is 4.55. The molecule has 1 aromatic carbocycles. The van der Waals surface area contributed by atoms with Crippen molar-refractivity contribution >= 4 is 16.9 Å². The van der Waals surface area contributed by atoms with Gasteiger partial charge in [0.2, 0.25) is 0 Å². The van der Waals surface area contributed by atoms with Gasteiger partial charge in [-0.3, -0.25) is 4.90 Å². The molecule has 1 aromatic heterocycles. The molecule has 0 aliphatic heterocycles. The third-order valence-corrected chi connectivity index (χ3v) is 3.28. The number of carbonyl (C=O) groups is 1.